The fourth-order valence-electron chi connectivity index (χ4n) is 3.61. The van der Waals surface area contributed by atoms with Gasteiger partial charge in [0.05, 0.1) is 12.2 Å². The number of benzene rings is 2. The van der Waals surface area contributed by atoms with Gasteiger partial charge in [0.15, 0.2) is 0 Å². The van der Waals surface area contributed by atoms with Crippen molar-refractivity contribution in [1.82, 2.24) is 5.43 Å². The first-order valence-corrected chi connectivity index (χ1v) is 8.71. The van der Waals surface area contributed by atoms with E-state index in [2.05, 4.69) is 34.8 Å². The molecular formula is C22H20N2O2. The number of hydrogen-bond acceptors (Lipinski definition) is 3. The Hall–Kier alpha value is -3.14. The van der Waals surface area contributed by atoms with Crippen LogP contribution in [-0.4, -0.2) is 11.6 Å². The molecule has 130 valence electrons. The minimum atomic E-state index is -0.277. The number of nitrogens with one attached hydrogen (secondary N) is 1. The Bertz CT molecular complexity index is 876. The zero-order valence-electron chi connectivity index (χ0n) is 14.6. The van der Waals surface area contributed by atoms with Crippen LogP contribution in [0.4, 0.5) is 0 Å². The maximum absolute atomic E-state index is 12.8. The molecule has 0 aliphatic heterocycles. The van der Waals surface area contributed by atoms with Crippen LogP contribution in [-0.2, 0) is 10.2 Å². The van der Waals surface area contributed by atoms with E-state index in [-0.39, 0.29) is 17.2 Å². The number of amides is 1. The number of hydrogen-bond donors (Lipinski definition) is 1. The van der Waals surface area contributed by atoms with E-state index in [0.29, 0.717) is 11.5 Å². The molecule has 1 unspecified atom stereocenters. The number of nitrogens with zero attached hydrogens (tertiary/aromatic N) is 1. The third-order valence-electron chi connectivity index (χ3n) is 5.07. The van der Waals surface area contributed by atoms with Gasteiger partial charge in [-0.05, 0) is 36.6 Å². The molecule has 26 heavy (non-hydrogen) atoms. The lowest BCUT2D eigenvalue weighted by Crippen LogP contribution is -2.26. The third-order valence-corrected chi connectivity index (χ3v) is 5.07. The average molecular weight is 344 g/mol. The molecule has 1 heterocycles. The Labute approximate surface area is 152 Å². The van der Waals surface area contributed by atoms with Crippen LogP contribution < -0.4 is 5.43 Å². The first-order valence-electron chi connectivity index (χ1n) is 8.71. The second-order valence-corrected chi connectivity index (χ2v) is 6.61. The van der Waals surface area contributed by atoms with Crippen LogP contribution in [0.2, 0.25) is 0 Å². The Kier molecular flexibility index (Phi) is 4.17. The molecule has 1 saturated carbocycles. The predicted molar refractivity (Wildman–Crippen MR) is 101 cm³/mol. The van der Waals surface area contributed by atoms with Crippen LogP contribution >= 0.6 is 0 Å². The fraction of sp³-hybridized carbons (Fsp3) is 0.182. The van der Waals surface area contributed by atoms with Gasteiger partial charge >= 0.3 is 0 Å². The summed E-state index contributed by atoms with van der Waals surface area (Å²) in [6.07, 6.45) is 2.37. The molecule has 2 aromatic carbocycles. The van der Waals surface area contributed by atoms with E-state index in [4.69, 9.17) is 4.42 Å². The monoisotopic (exact) mass is 344 g/mol. The summed E-state index contributed by atoms with van der Waals surface area (Å²) in [7, 11) is 0. The lowest BCUT2D eigenvalue weighted by atomic mass is 9.85. The summed E-state index contributed by atoms with van der Waals surface area (Å²) in [5.74, 6) is 0.447. The van der Waals surface area contributed by atoms with Gasteiger partial charge in [-0.3, -0.25) is 4.79 Å². The van der Waals surface area contributed by atoms with E-state index >= 15 is 0 Å². The molecule has 1 aromatic heterocycles. The molecule has 1 amide bonds. The third kappa shape index (κ3) is 2.84. The zero-order chi connectivity index (χ0) is 18.0. The highest BCUT2D eigenvalue weighted by Crippen LogP contribution is 2.58. The number of furan rings is 1. The second-order valence-electron chi connectivity index (χ2n) is 6.61. The van der Waals surface area contributed by atoms with Gasteiger partial charge in [0.2, 0.25) is 5.91 Å². The van der Waals surface area contributed by atoms with E-state index < -0.39 is 0 Å². The molecule has 1 atom stereocenters. The molecule has 0 radical (unpaired) electrons. The Morgan fingerprint density at radius 1 is 1.00 bits per heavy atom. The van der Waals surface area contributed by atoms with Crippen LogP contribution in [0, 0.1) is 5.92 Å². The lowest BCUT2D eigenvalue weighted by Gasteiger charge is -2.18. The molecule has 0 spiro atoms. The van der Waals surface area contributed by atoms with Crippen LogP contribution in [0.3, 0.4) is 0 Å². The highest BCUT2D eigenvalue weighted by Gasteiger charge is 2.60. The summed E-state index contributed by atoms with van der Waals surface area (Å²) in [4.78, 5) is 12.8. The number of hydrazone groups is 1. The zero-order valence-corrected chi connectivity index (χ0v) is 14.6. The van der Waals surface area contributed by atoms with Gasteiger partial charge in [-0.15, -0.1) is 0 Å². The first-order chi connectivity index (χ1) is 12.7. The van der Waals surface area contributed by atoms with Crippen LogP contribution in [0.5, 0.6) is 0 Å². The van der Waals surface area contributed by atoms with Crippen molar-refractivity contribution in [1.29, 1.82) is 0 Å². The van der Waals surface area contributed by atoms with Gasteiger partial charge in [0, 0.05) is 5.41 Å². The van der Waals surface area contributed by atoms with Crippen LogP contribution in [0.15, 0.2) is 88.6 Å². The molecule has 0 bridgehead atoms. The Morgan fingerprint density at radius 2 is 1.62 bits per heavy atom. The fourth-order valence-corrected chi connectivity index (χ4v) is 3.61. The maximum Gasteiger partial charge on any atom is 0.244 e. The highest BCUT2D eigenvalue weighted by atomic mass is 16.3. The van der Waals surface area contributed by atoms with Crippen molar-refractivity contribution in [2.24, 2.45) is 11.0 Å². The minimum Gasteiger partial charge on any atom is -0.463 e. The molecular weight excluding hydrogens is 324 g/mol. The summed E-state index contributed by atoms with van der Waals surface area (Å²) in [6.45, 7) is 1.81. The molecule has 4 heteroatoms. The lowest BCUT2D eigenvalue weighted by molar-refractivity contribution is -0.122. The quantitative estimate of drug-likeness (QED) is 0.559. The highest BCUT2D eigenvalue weighted by molar-refractivity contribution is 5.97. The normalized spacial score (nSPS) is 18.3. The SMILES string of the molecule is C/C(=N/NC(=O)C1CC1(c1ccccc1)c1ccccc1)c1ccco1. The standard InChI is InChI=1S/C22H20N2O2/c1-16(20-13-8-14-26-20)23-24-21(25)19-15-22(19,17-9-4-2-5-10-17)18-11-6-3-7-12-18/h2-14,19H,15H2,1H3,(H,24,25)/b23-16-. The Morgan fingerprint density at radius 3 is 2.15 bits per heavy atom. The largest absolute Gasteiger partial charge is 0.463 e. The second kappa shape index (κ2) is 6.64. The van der Waals surface area contributed by atoms with Crippen LogP contribution in [0.25, 0.3) is 0 Å². The van der Waals surface area contributed by atoms with Gasteiger partial charge in [0.25, 0.3) is 0 Å². The van der Waals surface area contributed by atoms with E-state index in [1.165, 1.54) is 0 Å². The van der Waals surface area contributed by atoms with Gasteiger partial charge in [-0.25, -0.2) is 5.43 Å². The van der Waals surface area contributed by atoms with Gasteiger partial charge in [0.1, 0.15) is 11.5 Å². The van der Waals surface area contributed by atoms with Crippen molar-refractivity contribution in [3.05, 3.63) is 95.9 Å². The molecule has 1 fully saturated rings. The molecule has 3 aromatic rings. The predicted octanol–water partition coefficient (Wildman–Crippen LogP) is 4.13. The summed E-state index contributed by atoms with van der Waals surface area (Å²) < 4.78 is 5.30. The van der Waals surface area contributed by atoms with Crippen molar-refractivity contribution in [2.75, 3.05) is 0 Å². The van der Waals surface area contributed by atoms with E-state index in [1.54, 1.807) is 12.3 Å². The summed E-state index contributed by atoms with van der Waals surface area (Å²) in [5.41, 5.74) is 5.42. The Balaban J connectivity index is 1.59. The topological polar surface area (TPSA) is 54.6 Å². The summed E-state index contributed by atoms with van der Waals surface area (Å²) >= 11 is 0. The minimum absolute atomic E-state index is 0.0661. The van der Waals surface area contributed by atoms with Gasteiger partial charge < -0.3 is 4.42 Å². The molecule has 0 saturated heterocycles. The summed E-state index contributed by atoms with van der Waals surface area (Å²) in [6, 6.07) is 24.1. The van der Waals surface area contributed by atoms with Crippen molar-refractivity contribution in [2.45, 2.75) is 18.8 Å². The molecule has 4 rings (SSSR count). The summed E-state index contributed by atoms with van der Waals surface area (Å²) in [5, 5.41) is 4.20. The van der Waals surface area contributed by atoms with Crippen molar-refractivity contribution < 1.29 is 9.21 Å². The van der Waals surface area contributed by atoms with Crippen molar-refractivity contribution in [3.63, 3.8) is 0 Å². The smallest absolute Gasteiger partial charge is 0.244 e. The number of carbonyl (C=O) groups is 1. The van der Waals surface area contributed by atoms with E-state index in [9.17, 15) is 4.79 Å². The average Bonchev–Trinajstić information content (AvgIpc) is 3.23. The van der Waals surface area contributed by atoms with E-state index in [0.717, 1.165) is 17.5 Å². The van der Waals surface area contributed by atoms with Crippen molar-refractivity contribution >= 4 is 11.6 Å². The molecule has 4 nitrogen and oxygen atoms in total. The number of carbonyl (C=O) groups excluding carboxylic acids is 1. The van der Waals surface area contributed by atoms with Crippen LogP contribution in [0.1, 0.15) is 30.2 Å². The first kappa shape index (κ1) is 16.3. The van der Waals surface area contributed by atoms with Gasteiger partial charge in [-0.1, -0.05) is 60.7 Å². The van der Waals surface area contributed by atoms with Crippen molar-refractivity contribution in [3.8, 4) is 0 Å². The maximum atomic E-state index is 12.8. The number of rotatable bonds is 5. The molecule has 1 N–H and O–H groups in total. The van der Waals surface area contributed by atoms with Gasteiger partial charge in [-0.2, -0.15) is 5.10 Å². The van der Waals surface area contributed by atoms with E-state index in [1.807, 2.05) is 49.4 Å². The molecule has 1 aliphatic carbocycles. The molecule has 1 aliphatic rings.